The maximum Gasteiger partial charge on any atom is 0.233 e. The molecule has 0 spiro atoms. The van der Waals surface area contributed by atoms with Gasteiger partial charge in [0.1, 0.15) is 5.75 Å². The molecule has 5 heteroatoms. The number of ether oxygens (including phenoxy) is 2. The molecular formula is C23H23NO4. The van der Waals surface area contributed by atoms with E-state index in [0.717, 1.165) is 29.0 Å². The third-order valence-corrected chi connectivity index (χ3v) is 7.42. The molecule has 7 atom stereocenters. The van der Waals surface area contributed by atoms with Gasteiger partial charge in [-0.05, 0) is 55.0 Å². The first-order chi connectivity index (χ1) is 13.6. The van der Waals surface area contributed by atoms with Crippen molar-refractivity contribution >= 4 is 11.6 Å². The van der Waals surface area contributed by atoms with Gasteiger partial charge in [-0.2, -0.15) is 0 Å². The number of rotatable bonds is 3. The Morgan fingerprint density at radius 3 is 2.68 bits per heavy atom. The highest BCUT2D eigenvalue weighted by Gasteiger charge is 2.79. The number of aryl methyl sites for hydroxylation is 1. The highest BCUT2D eigenvalue weighted by Crippen LogP contribution is 2.70. The van der Waals surface area contributed by atoms with Crippen molar-refractivity contribution in [1.29, 1.82) is 0 Å². The van der Waals surface area contributed by atoms with Crippen LogP contribution in [0.2, 0.25) is 0 Å². The number of amides is 1. The number of carbonyl (C=O) groups is 1. The number of hydrogen-bond donors (Lipinski definition) is 1. The lowest BCUT2D eigenvalue weighted by Gasteiger charge is -2.39. The SMILES string of the molecule is COc1ccc(C23OC4C(O)C5CC4C2C5C(=O)N3c2cccc(C)c2)cc1. The van der Waals surface area contributed by atoms with Gasteiger partial charge in [0.25, 0.3) is 0 Å². The smallest absolute Gasteiger partial charge is 0.233 e. The second kappa shape index (κ2) is 5.37. The molecule has 1 N–H and O–H groups in total. The molecule has 4 fully saturated rings. The van der Waals surface area contributed by atoms with Gasteiger partial charge in [-0.1, -0.05) is 24.3 Å². The second-order valence-corrected chi connectivity index (χ2v) is 8.63. The van der Waals surface area contributed by atoms with Crippen LogP contribution in [0.1, 0.15) is 17.5 Å². The zero-order valence-electron chi connectivity index (χ0n) is 15.9. The standard InChI is InChI=1S/C23H23NO4/c1-12-4-3-5-14(10-12)24-22(26)18-16-11-17-19(18)23(24,28-21(17)20(16)25)13-6-8-15(27-2)9-7-13/h3-10,16-21,25H,11H2,1-2H3. The summed E-state index contributed by atoms with van der Waals surface area (Å²) in [5.74, 6) is 0.978. The Balaban J connectivity index is 1.58. The summed E-state index contributed by atoms with van der Waals surface area (Å²) in [6, 6.07) is 15.9. The van der Waals surface area contributed by atoms with Gasteiger partial charge in [0.05, 0.1) is 25.2 Å². The first-order valence-corrected chi connectivity index (χ1v) is 9.97. The van der Waals surface area contributed by atoms with Crippen LogP contribution in [0.25, 0.3) is 0 Å². The van der Waals surface area contributed by atoms with E-state index in [1.54, 1.807) is 7.11 Å². The van der Waals surface area contributed by atoms with Gasteiger partial charge in [0.2, 0.25) is 5.91 Å². The van der Waals surface area contributed by atoms with E-state index in [1.165, 1.54) is 0 Å². The van der Waals surface area contributed by atoms with Crippen molar-refractivity contribution in [2.75, 3.05) is 12.0 Å². The monoisotopic (exact) mass is 377 g/mol. The van der Waals surface area contributed by atoms with E-state index in [4.69, 9.17) is 9.47 Å². The quantitative estimate of drug-likeness (QED) is 0.894. The maximum atomic E-state index is 13.7. The van der Waals surface area contributed by atoms with Crippen molar-refractivity contribution in [1.82, 2.24) is 0 Å². The summed E-state index contributed by atoms with van der Waals surface area (Å²) in [5, 5.41) is 10.8. The molecule has 2 aromatic carbocycles. The molecule has 5 nitrogen and oxygen atoms in total. The fourth-order valence-corrected chi connectivity index (χ4v) is 6.46. The molecule has 7 unspecified atom stereocenters. The van der Waals surface area contributed by atoms with Crippen LogP contribution in [0.15, 0.2) is 48.5 Å². The number of carbonyl (C=O) groups excluding carboxylic acids is 1. The van der Waals surface area contributed by atoms with Gasteiger partial charge in [0.15, 0.2) is 5.72 Å². The van der Waals surface area contributed by atoms with E-state index < -0.39 is 11.8 Å². The third kappa shape index (κ3) is 1.77. The van der Waals surface area contributed by atoms with E-state index in [1.807, 2.05) is 60.4 Å². The number of aliphatic hydroxyl groups is 1. The average Bonchev–Trinajstić information content (AvgIpc) is 3.37. The van der Waals surface area contributed by atoms with Crippen molar-refractivity contribution in [3.8, 4) is 5.75 Å². The predicted octanol–water partition coefficient (Wildman–Crippen LogP) is 2.85. The first kappa shape index (κ1) is 16.6. The number of anilines is 1. The number of benzene rings is 2. The van der Waals surface area contributed by atoms with Crippen molar-refractivity contribution in [2.45, 2.75) is 31.3 Å². The van der Waals surface area contributed by atoms with Crippen molar-refractivity contribution in [2.24, 2.45) is 23.7 Å². The Bertz CT molecular complexity index is 973. The molecule has 0 aromatic heterocycles. The van der Waals surface area contributed by atoms with Crippen molar-refractivity contribution < 1.29 is 19.4 Å². The molecule has 28 heavy (non-hydrogen) atoms. The second-order valence-electron chi connectivity index (χ2n) is 8.63. The Labute approximate surface area is 163 Å². The van der Waals surface area contributed by atoms with Gasteiger partial charge >= 0.3 is 0 Å². The van der Waals surface area contributed by atoms with E-state index >= 15 is 0 Å². The normalized spacial score (nSPS) is 39.8. The summed E-state index contributed by atoms with van der Waals surface area (Å²) in [6.07, 6.45) is 0.135. The summed E-state index contributed by atoms with van der Waals surface area (Å²) in [4.78, 5) is 15.6. The Hall–Kier alpha value is -2.37. The molecular weight excluding hydrogens is 354 g/mol. The third-order valence-electron chi connectivity index (χ3n) is 7.42. The zero-order valence-corrected chi connectivity index (χ0v) is 15.9. The Kier molecular flexibility index (Phi) is 3.18. The number of aliphatic hydroxyl groups excluding tert-OH is 1. The summed E-state index contributed by atoms with van der Waals surface area (Å²) in [6.45, 7) is 2.03. The highest BCUT2D eigenvalue weighted by atomic mass is 16.6. The molecule has 144 valence electrons. The summed E-state index contributed by atoms with van der Waals surface area (Å²) >= 11 is 0. The fourth-order valence-electron chi connectivity index (χ4n) is 6.46. The minimum Gasteiger partial charge on any atom is -0.497 e. The van der Waals surface area contributed by atoms with E-state index in [-0.39, 0.29) is 35.7 Å². The number of nitrogens with zero attached hydrogens (tertiary/aromatic N) is 1. The van der Waals surface area contributed by atoms with Crippen LogP contribution in [0.5, 0.6) is 5.75 Å². The minimum absolute atomic E-state index is 0.00225. The van der Waals surface area contributed by atoms with Gasteiger partial charge in [-0.3, -0.25) is 9.69 Å². The van der Waals surface area contributed by atoms with Crippen molar-refractivity contribution in [3.63, 3.8) is 0 Å². The predicted molar refractivity (Wildman–Crippen MR) is 103 cm³/mol. The van der Waals surface area contributed by atoms with Gasteiger partial charge < -0.3 is 14.6 Å². The van der Waals surface area contributed by atoms with Crippen LogP contribution in [0.3, 0.4) is 0 Å². The van der Waals surface area contributed by atoms with Crippen LogP contribution < -0.4 is 9.64 Å². The Morgan fingerprint density at radius 1 is 1.18 bits per heavy atom. The van der Waals surface area contributed by atoms with Gasteiger partial charge in [-0.15, -0.1) is 0 Å². The molecule has 2 bridgehead atoms. The molecule has 6 rings (SSSR count). The lowest BCUT2D eigenvalue weighted by molar-refractivity contribution is -0.133. The number of hydrogen-bond acceptors (Lipinski definition) is 4. The zero-order chi connectivity index (χ0) is 19.2. The Morgan fingerprint density at radius 2 is 1.96 bits per heavy atom. The largest absolute Gasteiger partial charge is 0.497 e. The summed E-state index contributed by atoms with van der Waals surface area (Å²) in [7, 11) is 1.64. The molecule has 0 radical (unpaired) electrons. The minimum atomic E-state index is -0.858. The molecule has 2 saturated heterocycles. The summed E-state index contributed by atoms with van der Waals surface area (Å²) in [5.41, 5.74) is 2.07. The van der Waals surface area contributed by atoms with Crippen LogP contribution in [0.4, 0.5) is 5.69 Å². The lowest BCUT2D eigenvalue weighted by atomic mass is 9.75. The van der Waals surface area contributed by atoms with Crippen LogP contribution in [0, 0.1) is 30.6 Å². The van der Waals surface area contributed by atoms with E-state index in [9.17, 15) is 9.90 Å². The van der Waals surface area contributed by atoms with Crippen LogP contribution in [-0.4, -0.2) is 30.3 Å². The molecule has 2 saturated carbocycles. The average molecular weight is 377 g/mol. The summed E-state index contributed by atoms with van der Waals surface area (Å²) < 4.78 is 12.0. The molecule has 4 aliphatic rings. The highest BCUT2D eigenvalue weighted by molar-refractivity contribution is 6.00. The molecule has 2 aromatic rings. The van der Waals surface area contributed by atoms with Crippen LogP contribution in [-0.2, 0) is 15.3 Å². The maximum absolute atomic E-state index is 13.7. The number of methoxy groups -OCH3 is 1. The number of fused-ring (bicyclic) bond motifs is 2. The van der Waals surface area contributed by atoms with Gasteiger partial charge in [0, 0.05) is 17.2 Å². The fraction of sp³-hybridized carbons (Fsp3) is 0.435. The molecule has 2 heterocycles. The topological polar surface area (TPSA) is 59.0 Å². The lowest BCUT2D eigenvalue weighted by Crippen LogP contribution is -2.49. The van der Waals surface area contributed by atoms with Crippen LogP contribution >= 0.6 is 0 Å². The van der Waals surface area contributed by atoms with Gasteiger partial charge in [-0.25, -0.2) is 0 Å². The van der Waals surface area contributed by atoms with E-state index in [2.05, 4.69) is 0 Å². The first-order valence-electron chi connectivity index (χ1n) is 9.97. The molecule has 2 aliphatic carbocycles. The molecule has 1 amide bonds. The molecule has 2 aliphatic heterocycles. The van der Waals surface area contributed by atoms with Crippen molar-refractivity contribution in [3.05, 3.63) is 59.7 Å². The van der Waals surface area contributed by atoms with E-state index in [0.29, 0.717) is 0 Å².